The molecule has 0 amide bonds. The first-order valence-electron chi connectivity index (χ1n) is 11.4. The summed E-state index contributed by atoms with van der Waals surface area (Å²) in [6, 6.07) is 24.3. The van der Waals surface area contributed by atoms with Crippen molar-refractivity contribution in [2.24, 2.45) is 0 Å². The van der Waals surface area contributed by atoms with Gasteiger partial charge in [0.15, 0.2) is 14.6 Å². The molecule has 0 saturated heterocycles. The fourth-order valence-electron chi connectivity index (χ4n) is 3.25. The van der Waals surface area contributed by atoms with Crippen LogP contribution in [0.3, 0.4) is 0 Å². The van der Waals surface area contributed by atoms with Crippen molar-refractivity contribution < 1.29 is 9.22 Å². The summed E-state index contributed by atoms with van der Waals surface area (Å²) in [6.07, 6.45) is 9.27. The van der Waals surface area contributed by atoms with Crippen LogP contribution in [0.15, 0.2) is 72.8 Å². The smallest absolute Gasteiger partial charge is 0.192 e. The molecule has 0 aliphatic rings. The number of rotatable bonds is 8. The van der Waals surface area contributed by atoms with E-state index in [1.54, 1.807) is 0 Å². The van der Waals surface area contributed by atoms with Gasteiger partial charge in [-0.15, -0.1) is 0 Å². The van der Waals surface area contributed by atoms with E-state index in [4.69, 9.17) is 4.43 Å². The molecular weight excluding hydrogens is 420 g/mol. The number of carbonyl (C=O) groups is 1. The van der Waals surface area contributed by atoms with Crippen LogP contribution < -0.4 is 0 Å². The van der Waals surface area contributed by atoms with Crippen LogP contribution in [0.25, 0.3) is 24.3 Å². The molecule has 33 heavy (non-hydrogen) atoms. The monoisotopic (exact) mass is 454 g/mol. The highest BCUT2D eigenvalue weighted by molar-refractivity contribution is 6.74. The largest absolute Gasteiger partial charge is 0.413 e. The molecule has 0 heterocycles. The van der Waals surface area contributed by atoms with Gasteiger partial charge in [0, 0.05) is 5.56 Å². The topological polar surface area (TPSA) is 26.3 Å². The number of carbonyl (C=O) groups excluding carboxylic acids is 1. The van der Waals surface area contributed by atoms with Crippen LogP contribution in [0, 0.1) is 0 Å². The van der Waals surface area contributed by atoms with Crippen LogP contribution in [0.2, 0.25) is 18.1 Å². The molecule has 0 aliphatic heterocycles. The highest BCUT2D eigenvalue weighted by Gasteiger charge is 2.37. The van der Waals surface area contributed by atoms with Crippen molar-refractivity contribution in [3.8, 4) is 0 Å². The molecule has 0 bridgehead atoms. The zero-order valence-electron chi connectivity index (χ0n) is 20.3. The lowest BCUT2D eigenvalue weighted by Crippen LogP contribution is -2.40. The first kappa shape index (κ1) is 24.6. The number of aldehydes is 1. The molecule has 0 atom stereocenters. The molecule has 170 valence electrons. The highest BCUT2D eigenvalue weighted by Crippen LogP contribution is 2.37. The van der Waals surface area contributed by atoms with Crippen molar-refractivity contribution in [2.75, 3.05) is 0 Å². The van der Waals surface area contributed by atoms with Gasteiger partial charge >= 0.3 is 0 Å². The van der Waals surface area contributed by atoms with Gasteiger partial charge in [-0.1, -0.05) is 118 Å². The molecule has 0 aliphatic carbocycles. The maximum absolute atomic E-state index is 11.3. The summed E-state index contributed by atoms with van der Waals surface area (Å²) in [5, 5.41) is 0.186. The lowest BCUT2D eigenvalue weighted by Gasteiger charge is -2.36. The van der Waals surface area contributed by atoms with E-state index in [-0.39, 0.29) is 5.04 Å². The molecule has 0 radical (unpaired) electrons. The Morgan fingerprint density at radius 2 is 1.06 bits per heavy atom. The van der Waals surface area contributed by atoms with E-state index < -0.39 is 8.32 Å². The van der Waals surface area contributed by atoms with Crippen LogP contribution in [-0.2, 0) is 11.0 Å². The molecular formula is C30H34O2Si. The minimum atomic E-state index is -1.82. The van der Waals surface area contributed by atoms with Crippen molar-refractivity contribution in [3.05, 3.63) is 106 Å². The Morgan fingerprint density at radius 1 is 0.667 bits per heavy atom. The Kier molecular flexibility index (Phi) is 8.01. The zero-order chi connectivity index (χ0) is 23.9. The molecule has 0 saturated carbocycles. The molecule has 3 heteroatoms. The van der Waals surface area contributed by atoms with Crippen LogP contribution in [0.5, 0.6) is 0 Å². The Morgan fingerprint density at radius 3 is 1.55 bits per heavy atom. The number of hydrogen-bond acceptors (Lipinski definition) is 2. The van der Waals surface area contributed by atoms with Crippen LogP contribution in [0.4, 0.5) is 0 Å². The molecule has 3 aromatic rings. The predicted octanol–water partition coefficient (Wildman–Crippen LogP) is 8.36. The van der Waals surface area contributed by atoms with E-state index in [2.05, 4.69) is 88.5 Å². The maximum Gasteiger partial charge on any atom is 0.192 e. The second kappa shape index (κ2) is 10.7. The first-order chi connectivity index (χ1) is 15.7. The third-order valence-electron chi connectivity index (χ3n) is 6.45. The summed E-state index contributed by atoms with van der Waals surface area (Å²) in [6.45, 7) is 12.0. The molecule has 0 fully saturated rings. The van der Waals surface area contributed by atoms with Gasteiger partial charge in [0.2, 0.25) is 0 Å². The summed E-state index contributed by atoms with van der Waals surface area (Å²) in [7, 11) is -1.82. The molecule has 3 rings (SSSR count). The fraction of sp³-hybridized carbons (Fsp3) is 0.233. The fourth-order valence-corrected chi connectivity index (χ4v) is 4.20. The lowest BCUT2D eigenvalue weighted by atomic mass is 10.0. The van der Waals surface area contributed by atoms with Gasteiger partial charge in [0.1, 0.15) is 0 Å². The molecule has 0 spiro atoms. The summed E-state index contributed by atoms with van der Waals surface area (Å²) in [5.41, 5.74) is 6.20. The average Bonchev–Trinajstić information content (AvgIpc) is 2.80. The minimum absolute atomic E-state index is 0.186. The maximum atomic E-state index is 11.3. The Balaban J connectivity index is 1.83. The van der Waals surface area contributed by atoms with Crippen molar-refractivity contribution in [2.45, 2.75) is 45.5 Å². The molecule has 0 unspecified atom stereocenters. The van der Waals surface area contributed by atoms with E-state index in [0.717, 1.165) is 23.0 Å². The van der Waals surface area contributed by atoms with Crippen molar-refractivity contribution in [3.63, 3.8) is 0 Å². The van der Waals surface area contributed by atoms with Gasteiger partial charge in [0.05, 0.1) is 6.61 Å². The molecule has 3 aromatic carbocycles. The molecule has 0 aromatic heterocycles. The van der Waals surface area contributed by atoms with Crippen molar-refractivity contribution in [1.29, 1.82) is 0 Å². The highest BCUT2D eigenvalue weighted by atomic mass is 28.4. The lowest BCUT2D eigenvalue weighted by molar-refractivity contribution is 0.112. The minimum Gasteiger partial charge on any atom is -0.413 e. The Bertz CT molecular complexity index is 1150. The number of hydrogen-bond donors (Lipinski definition) is 0. The average molecular weight is 455 g/mol. The summed E-state index contributed by atoms with van der Waals surface area (Å²) < 4.78 is 6.47. The van der Waals surface area contributed by atoms with Gasteiger partial charge < -0.3 is 4.43 Å². The van der Waals surface area contributed by atoms with Gasteiger partial charge in [-0.3, -0.25) is 4.79 Å². The van der Waals surface area contributed by atoms with Crippen LogP contribution in [-0.4, -0.2) is 14.6 Å². The van der Waals surface area contributed by atoms with E-state index in [1.165, 1.54) is 11.1 Å². The normalized spacial score (nSPS) is 12.5. The van der Waals surface area contributed by atoms with Crippen molar-refractivity contribution in [1.82, 2.24) is 0 Å². The summed E-state index contributed by atoms with van der Waals surface area (Å²) in [4.78, 5) is 11.3. The van der Waals surface area contributed by atoms with Gasteiger partial charge in [-0.25, -0.2) is 0 Å². The third kappa shape index (κ3) is 6.50. The van der Waals surface area contributed by atoms with Gasteiger partial charge in [0.25, 0.3) is 0 Å². The zero-order valence-corrected chi connectivity index (χ0v) is 21.3. The third-order valence-corrected chi connectivity index (χ3v) is 10.9. The second-order valence-corrected chi connectivity index (χ2v) is 14.6. The van der Waals surface area contributed by atoms with E-state index in [1.807, 2.05) is 42.5 Å². The van der Waals surface area contributed by atoms with Crippen LogP contribution >= 0.6 is 0 Å². The SMILES string of the molecule is CC(C)(C)[Si](C)(C)OCc1ccccc1/C=C\c1ccccc1/C=C\c1ccccc1C=O. The molecule has 0 N–H and O–H groups in total. The second-order valence-electron chi connectivity index (χ2n) is 9.79. The Labute approximate surface area is 199 Å². The van der Waals surface area contributed by atoms with E-state index in [0.29, 0.717) is 12.2 Å². The van der Waals surface area contributed by atoms with Gasteiger partial charge in [-0.2, -0.15) is 0 Å². The van der Waals surface area contributed by atoms with E-state index in [9.17, 15) is 4.79 Å². The standard InChI is InChI=1S/C30H34O2Si/c1-30(2,3)33(4,5)32-23-29-17-11-9-15-27(29)21-19-25-13-7-6-12-24(25)18-20-26-14-8-10-16-28(26)22-31/h6-22H,23H2,1-5H3/b20-18-,21-19-. The number of benzene rings is 3. The van der Waals surface area contributed by atoms with Gasteiger partial charge in [-0.05, 0) is 45.9 Å². The van der Waals surface area contributed by atoms with Crippen molar-refractivity contribution >= 4 is 38.9 Å². The predicted molar refractivity (Wildman–Crippen MR) is 145 cm³/mol. The first-order valence-corrected chi connectivity index (χ1v) is 14.3. The summed E-state index contributed by atoms with van der Waals surface area (Å²) in [5.74, 6) is 0. The summed E-state index contributed by atoms with van der Waals surface area (Å²) >= 11 is 0. The molecule has 2 nitrogen and oxygen atoms in total. The Hall–Kier alpha value is -3.01. The van der Waals surface area contributed by atoms with E-state index >= 15 is 0 Å². The van der Waals surface area contributed by atoms with Crippen LogP contribution in [0.1, 0.15) is 58.9 Å². The quantitative estimate of drug-likeness (QED) is 0.194.